The zero-order chi connectivity index (χ0) is 14.8. The number of benzene rings is 1. The minimum atomic E-state index is -0.483. The highest BCUT2D eigenvalue weighted by molar-refractivity contribution is 6.05. The lowest BCUT2D eigenvalue weighted by Gasteiger charge is -2.10. The van der Waals surface area contributed by atoms with Crippen molar-refractivity contribution in [2.24, 2.45) is 0 Å². The smallest absolute Gasteiger partial charge is 0.290 e. The van der Waals surface area contributed by atoms with E-state index in [0.717, 1.165) is 22.9 Å². The third-order valence-electron chi connectivity index (χ3n) is 3.45. The van der Waals surface area contributed by atoms with Crippen LogP contribution in [0.3, 0.4) is 0 Å². The van der Waals surface area contributed by atoms with Crippen LogP contribution >= 0.6 is 0 Å². The number of H-pyrrole nitrogens is 1. The molecule has 1 aromatic carbocycles. The first-order valence-electron chi connectivity index (χ1n) is 6.81. The van der Waals surface area contributed by atoms with Gasteiger partial charge < -0.3 is 4.74 Å². The lowest BCUT2D eigenvalue weighted by atomic mass is 10.1. The third-order valence-corrected chi connectivity index (χ3v) is 3.45. The number of carbonyl (C=O) groups is 2. The molecular weight excluding hydrogens is 272 g/mol. The van der Waals surface area contributed by atoms with Crippen LogP contribution in [0.25, 0.3) is 10.9 Å². The molecule has 3 rings (SSSR count). The van der Waals surface area contributed by atoms with Crippen molar-refractivity contribution in [2.45, 2.75) is 25.9 Å². The third kappa shape index (κ3) is 2.73. The van der Waals surface area contributed by atoms with E-state index in [1.54, 1.807) is 0 Å². The number of ether oxygens (including phenoxy) is 1. The predicted octanol–water partition coefficient (Wildman–Crippen LogP) is 0.811. The first-order valence-corrected chi connectivity index (χ1v) is 6.81. The first kappa shape index (κ1) is 13.6. The summed E-state index contributed by atoms with van der Waals surface area (Å²) < 4.78 is 5.24. The van der Waals surface area contributed by atoms with Gasteiger partial charge in [0.1, 0.15) is 6.10 Å². The molecule has 0 spiro atoms. The van der Waals surface area contributed by atoms with E-state index in [0.29, 0.717) is 13.0 Å². The van der Waals surface area contributed by atoms with E-state index >= 15 is 0 Å². The van der Waals surface area contributed by atoms with Gasteiger partial charge in [0, 0.05) is 12.0 Å². The van der Waals surface area contributed by atoms with Gasteiger partial charge in [-0.3, -0.25) is 25.5 Å². The zero-order valence-corrected chi connectivity index (χ0v) is 11.6. The highest BCUT2D eigenvalue weighted by Gasteiger charge is 2.24. The van der Waals surface area contributed by atoms with E-state index < -0.39 is 12.0 Å². The molecule has 1 aliphatic heterocycles. The van der Waals surface area contributed by atoms with Crippen molar-refractivity contribution in [3.8, 4) is 0 Å². The fraction of sp³-hybridized carbons (Fsp3) is 0.357. The van der Waals surface area contributed by atoms with Crippen LogP contribution in [0.4, 0.5) is 0 Å². The standard InChI is InChI=1S/C14H16N4O3/c1-8-4-5-10-9(7-8)12(16-15-10)14(20)18-17-13(19)11-3-2-6-21-11/h4-5,7,11H,2-3,6H2,1H3,(H,15,16)(H,17,19)(H,18,20). The summed E-state index contributed by atoms with van der Waals surface area (Å²) >= 11 is 0. The number of amides is 2. The van der Waals surface area contributed by atoms with Gasteiger partial charge in [0.25, 0.3) is 11.8 Å². The van der Waals surface area contributed by atoms with E-state index in [-0.39, 0.29) is 11.6 Å². The molecule has 3 N–H and O–H groups in total. The summed E-state index contributed by atoms with van der Waals surface area (Å²) in [5, 5.41) is 7.50. The largest absolute Gasteiger partial charge is 0.368 e. The van der Waals surface area contributed by atoms with Crippen LogP contribution in [0.2, 0.25) is 0 Å². The van der Waals surface area contributed by atoms with E-state index in [4.69, 9.17) is 4.74 Å². The van der Waals surface area contributed by atoms with Crippen LogP contribution in [0.15, 0.2) is 18.2 Å². The Labute approximate surface area is 121 Å². The molecule has 110 valence electrons. The highest BCUT2D eigenvalue weighted by atomic mass is 16.5. The lowest BCUT2D eigenvalue weighted by molar-refractivity contribution is -0.130. The van der Waals surface area contributed by atoms with Crippen LogP contribution in [-0.4, -0.2) is 34.7 Å². The number of hydrogen-bond acceptors (Lipinski definition) is 4. The Balaban J connectivity index is 1.69. The quantitative estimate of drug-likeness (QED) is 0.713. The monoisotopic (exact) mass is 288 g/mol. The summed E-state index contributed by atoms with van der Waals surface area (Å²) in [6, 6.07) is 5.66. The summed E-state index contributed by atoms with van der Waals surface area (Å²) in [5.74, 6) is -0.796. The molecule has 7 heteroatoms. The molecule has 1 aliphatic rings. The summed E-state index contributed by atoms with van der Waals surface area (Å²) in [5.41, 5.74) is 6.80. The van der Waals surface area contributed by atoms with Crippen LogP contribution in [0.1, 0.15) is 28.9 Å². The van der Waals surface area contributed by atoms with Gasteiger partial charge in [0.05, 0.1) is 5.52 Å². The Hall–Kier alpha value is -2.41. The second-order valence-electron chi connectivity index (χ2n) is 5.07. The molecule has 1 aromatic heterocycles. The number of nitrogens with zero attached hydrogens (tertiary/aromatic N) is 1. The highest BCUT2D eigenvalue weighted by Crippen LogP contribution is 2.17. The Bertz CT molecular complexity index is 689. The van der Waals surface area contributed by atoms with E-state index in [9.17, 15) is 9.59 Å². The molecule has 21 heavy (non-hydrogen) atoms. The molecule has 2 amide bonds. The van der Waals surface area contributed by atoms with Crippen molar-refractivity contribution in [1.82, 2.24) is 21.0 Å². The predicted molar refractivity (Wildman–Crippen MR) is 75.4 cm³/mol. The average molecular weight is 288 g/mol. The summed E-state index contributed by atoms with van der Waals surface area (Å²) in [6.07, 6.45) is 1.05. The van der Waals surface area contributed by atoms with E-state index in [2.05, 4.69) is 21.0 Å². The zero-order valence-electron chi connectivity index (χ0n) is 11.6. The second kappa shape index (κ2) is 5.53. The second-order valence-corrected chi connectivity index (χ2v) is 5.07. The SMILES string of the molecule is Cc1ccc2[nH]nc(C(=O)NNC(=O)C3CCCO3)c2c1. The van der Waals surface area contributed by atoms with E-state index in [1.165, 1.54) is 0 Å². The Morgan fingerprint density at radius 3 is 3.00 bits per heavy atom. The molecule has 0 bridgehead atoms. The van der Waals surface area contributed by atoms with Gasteiger partial charge in [0.2, 0.25) is 0 Å². The van der Waals surface area contributed by atoms with Gasteiger partial charge >= 0.3 is 0 Å². The number of rotatable bonds is 2. The number of hydrazine groups is 1. The summed E-state index contributed by atoms with van der Waals surface area (Å²) in [4.78, 5) is 23.9. The minimum Gasteiger partial charge on any atom is -0.368 e. The number of fused-ring (bicyclic) bond motifs is 1. The van der Waals surface area contributed by atoms with Crippen LogP contribution in [-0.2, 0) is 9.53 Å². The normalized spacial score (nSPS) is 17.9. The molecule has 1 fully saturated rings. The number of aryl methyl sites for hydroxylation is 1. The topological polar surface area (TPSA) is 96.1 Å². The fourth-order valence-electron chi connectivity index (χ4n) is 2.34. The molecule has 2 aromatic rings. The summed E-state index contributed by atoms with van der Waals surface area (Å²) in [7, 11) is 0. The van der Waals surface area contributed by atoms with Crippen molar-refractivity contribution >= 4 is 22.7 Å². The molecule has 0 radical (unpaired) electrons. The average Bonchev–Trinajstić information content (AvgIpc) is 3.13. The van der Waals surface area contributed by atoms with Crippen molar-refractivity contribution < 1.29 is 14.3 Å². The number of carbonyl (C=O) groups excluding carboxylic acids is 2. The van der Waals surface area contributed by atoms with E-state index in [1.807, 2.05) is 25.1 Å². The van der Waals surface area contributed by atoms with Gasteiger partial charge in [-0.1, -0.05) is 11.6 Å². The number of nitrogens with one attached hydrogen (secondary N) is 3. The maximum atomic E-state index is 12.1. The molecule has 7 nitrogen and oxygen atoms in total. The Morgan fingerprint density at radius 1 is 1.38 bits per heavy atom. The summed E-state index contributed by atoms with van der Waals surface area (Å²) in [6.45, 7) is 2.52. The van der Waals surface area contributed by atoms with Crippen LogP contribution < -0.4 is 10.9 Å². The molecule has 1 atom stereocenters. The Kier molecular flexibility index (Phi) is 3.57. The molecular formula is C14H16N4O3. The molecule has 1 saturated heterocycles. The van der Waals surface area contributed by atoms with Crippen molar-refractivity contribution in [2.75, 3.05) is 6.61 Å². The van der Waals surface area contributed by atoms with Gasteiger partial charge in [0.15, 0.2) is 5.69 Å². The van der Waals surface area contributed by atoms with Crippen molar-refractivity contribution in [3.05, 3.63) is 29.5 Å². The minimum absolute atomic E-state index is 0.251. The van der Waals surface area contributed by atoms with Crippen LogP contribution in [0.5, 0.6) is 0 Å². The maximum Gasteiger partial charge on any atom is 0.290 e. The molecule has 2 heterocycles. The van der Waals surface area contributed by atoms with Gasteiger partial charge in [-0.25, -0.2) is 0 Å². The maximum absolute atomic E-state index is 12.1. The van der Waals surface area contributed by atoms with Gasteiger partial charge in [-0.05, 0) is 31.9 Å². The van der Waals surface area contributed by atoms with Crippen LogP contribution in [0, 0.1) is 6.92 Å². The van der Waals surface area contributed by atoms with Crippen molar-refractivity contribution in [3.63, 3.8) is 0 Å². The number of aromatic nitrogens is 2. The lowest BCUT2D eigenvalue weighted by Crippen LogP contribution is -2.46. The number of hydrogen-bond donors (Lipinski definition) is 3. The molecule has 1 unspecified atom stereocenters. The Morgan fingerprint density at radius 2 is 2.24 bits per heavy atom. The first-order chi connectivity index (χ1) is 10.1. The van der Waals surface area contributed by atoms with Gasteiger partial charge in [-0.2, -0.15) is 5.10 Å². The van der Waals surface area contributed by atoms with Crippen molar-refractivity contribution in [1.29, 1.82) is 0 Å². The number of aromatic amines is 1. The molecule has 0 aliphatic carbocycles. The van der Waals surface area contributed by atoms with Gasteiger partial charge in [-0.15, -0.1) is 0 Å². The fourth-order valence-corrected chi connectivity index (χ4v) is 2.34. The molecule has 0 saturated carbocycles.